The highest BCUT2D eigenvalue weighted by Gasteiger charge is 2.15. The number of carbonyl (C=O) groups is 1. The highest BCUT2D eigenvalue weighted by atomic mass is 35.5. The number of anilines is 1. The van der Waals surface area contributed by atoms with E-state index < -0.39 is 0 Å². The molecule has 5 nitrogen and oxygen atoms in total. The molecule has 7 heteroatoms. The standard InChI is InChI=1S/C29H25Cl2NO4/c1-3-34-27-13-9-20(16-21(27)18-35-24-11-12-25(31)19(2)15-24)29(33)32-26-17-22(30)10-14-28(26)36-23-7-5-4-6-8-23/h4-17H,3,18H2,1-2H3,(H,32,33). The Balaban J connectivity index is 1.55. The largest absolute Gasteiger partial charge is 0.493 e. The fourth-order valence-corrected chi connectivity index (χ4v) is 3.79. The number of hydrogen-bond acceptors (Lipinski definition) is 4. The van der Waals surface area contributed by atoms with Gasteiger partial charge >= 0.3 is 0 Å². The van der Waals surface area contributed by atoms with Crippen LogP contribution in [0.5, 0.6) is 23.0 Å². The van der Waals surface area contributed by atoms with Crippen molar-refractivity contribution < 1.29 is 19.0 Å². The summed E-state index contributed by atoms with van der Waals surface area (Å²) in [5.41, 5.74) is 2.56. The second-order valence-corrected chi connectivity index (χ2v) is 8.81. The van der Waals surface area contributed by atoms with E-state index in [-0.39, 0.29) is 12.5 Å². The number of aryl methyl sites for hydroxylation is 1. The van der Waals surface area contributed by atoms with Crippen LogP contribution in [0.3, 0.4) is 0 Å². The zero-order chi connectivity index (χ0) is 25.5. The normalized spacial score (nSPS) is 10.6. The molecule has 0 saturated heterocycles. The summed E-state index contributed by atoms with van der Waals surface area (Å²) in [4.78, 5) is 13.2. The molecule has 0 aliphatic rings. The van der Waals surface area contributed by atoms with Crippen molar-refractivity contribution in [3.05, 3.63) is 112 Å². The van der Waals surface area contributed by atoms with Crippen LogP contribution in [0.1, 0.15) is 28.4 Å². The molecule has 0 aromatic heterocycles. The van der Waals surface area contributed by atoms with Gasteiger partial charge in [0, 0.05) is 21.2 Å². The first kappa shape index (κ1) is 25.4. The van der Waals surface area contributed by atoms with Crippen LogP contribution in [0, 0.1) is 6.92 Å². The van der Waals surface area contributed by atoms with E-state index >= 15 is 0 Å². The Morgan fingerprint density at radius 3 is 2.36 bits per heavy atom. The number of benzene rings is 4. The van der Waals surface area contributed by atoms with E-state index in [1.807, 2.05) is 50.2 Å². The van der Waals surface area contributed by atoms with Crippen LogP contribution in [-0.2, 0) is 6.61 Å². The minimum atomic E-state index is -0.318. The van der Waals surface area contributed by atoms with Gasteiger partial charge in [0.15, 0.2) is 5.75 Å². The number of para-hydroxylation sites is 1. The molecule has 4 rings (SSSR count). The van der Waals surface area contributed by atoms with Gasteiger partial charge < -0.3 is 19.5 Å². The summed E-state index contributed by atoms with van der Waals surface area (Å²) in [5.74, 6) is 2.13. The maximum atomic E-state index is 13.2. The maximum Gasteiger partial charge on any atom is 0.255 e. The van der Waals surface area contributed by atoms with Gasteiger partial charge in [-0.25, -0.2) is 0 Å². The quantitative estimate of drug-likeness (QED) is 0.240. The minimum absolute atomic E-state index is 0.219. The van der Waals surface area contributed by atoms with Crippen molar-refractivity contribution in [3.63, 3.8) is 0 Å². The molecule has 0 bridgehead atoms. The van der Waals surface area contributed by atoms with Crippen LogP contribution in [0.25, 0.3) is 0 Å². The van der Waals surface area contributed by atoms with Crippen LogP contribution >= 0.6 is 23.2 Å². The Bertz CT molecular complexity index is 1360. The molecule has 4 aromatic carbocycles. The van der Waals surface area contributed by atoms with Crippen molar-refractivity contribution in [1.29, 1.82) is 0 Å². The second kappa shape index (κ2) is 11.8. The molecule has 0 radical (unpaired) electrons. The van der Waals surface area contributed by atoms with Gasteiger partial charge in [-0.15, -0.1) is 0 Å². The van der Waals surface area contributed by atoms with Crippen LogP contribution in [0.15, 0.2) is 84.9 Å². The van der Waals surface area contributed by atoms with Gasteiger partial charge in [0.2, 0.25) is 0 Å². The van der Waals surface area contributed by atoms with Gasteiger partial charge in [0.1, 0.15) is 23.9 Å². The fourth-order valence-electron chi connectivity index (χ4n) is 3.50. The molecule has 36 heavy (non-hydrogen) atoms. The van der Waals surface area contributed by atoms with E-state index in [0.29, 0.717) is 50.9 Å². The van der Waals surface area contributed by atoms with E-state index in [4.69, 9.17) is 37.4 Å². The lowest BCUT2D eigenvalue weighted by Gasteiger charge is -2.15. The monoisotopic (exact) mass is 521 g/mol. The summed E-state index contributed by atoms with van der Waals surface area (Å²) in [7, 11) is 0. The molecular weight excluding hydrogens is 497 g/mol. The lowest BCUT2D eigenvalue weighted by atomic mass is 10.1. The van der Waals surface area contributed by atoms with Crippen LogP contribution in [0.2, 0.25) is 10.0 Å². The Hall–Kier alpha value is -3.67. The average molecular weight is 522 g/mol. The Morgan fingerprint density at radius 2 is 1.61 bits per heavy atom. The summed E-state index contributed by atoms with van der Waals surface area (Å²) in [6.45, 7) is 4.52. The molecule has 184 valence electrons. The molecule has 0 aliphatic carbocycles. The number of amides is 1. The van der Waals surface area contributed by atoms with Crippen LogP contribution < -0.4 is 19.5 Å². The van der Waals surface area contributed by atoms with Gasteiger partial charge in [-0.3, -0.25) is 4.79 Å². The molecule has 0 fully saturated rings. The molecule has 0 aliphatic heterocycles. The van der Waals surface area contributed by atoms with E-state index in [1.165, 1.54) is 0 Å². The maximum absolute atomic E-state index is 13.2. The van der Waals surface area contributed by atoms with E-state index in [0.717, 1.165) is 11.1 Å². The van der Waals surface area contributed by atoms with Gasteiger partial charge in [-0.2, -0.15) is 0 Å². The first-order valence-corrected chi connectivity index (χ1v) is 12.2. The van der Waals surface area contributed by atoms with Crippen molar-refractivity contribution in [2.24, 2.45) is 0 Å². The summed E-state index contributed by atoms with van der Waals surface area (Å²) in [6.07, 6.45) is 0. The molecule has 0 heterocycles. The number of hydrogen-bond donors (Lipinski definition) is 1. The fraction of sp³-hybridized carbons (Fsp3) is 0.138. The van der Waals surface area contributed by atoms with Crippen LogP contribution in [-0.4, -0.2) is 12.5 Å². The highest BCUT2D eigenvalue weighted by molar-refractivity contribution is 6.31. The molecule has 0 spiro atoms. The third kappa shape index (κ3) is 6.51. The van der Waals surface area contributed by atoms with Crippen molar-refractivity contribution >= 4 is 34.8 Å². The van der Waals surface area contributed by atoms with Crippen molar-refractivity contribution in [3.8, 4) is 23.0 Å². The molecule has 0 saturated carbocycles. The van der Waals surface area contributed by atoms with Crippen molar-refractivity contribution in [2.45, 2.75) is 20.5 Å². The summed E-state index contributed by atoms with van der Waals surface area (Å²) in [6, 6.07) is 25.1. The van der Waals surface area contributed by atoms with Gasteiger partial charge in [-0.1, -0.05) is 41.4 Å². The predicted molar refractivity (Wildman–Crippen MR) is 144 cm³/mol. The highest BCUT2D eigenvalue weighted by Crippen LogP contribution is 2.33. The van der Waals surface area contributed by atoms with E-state index in [9.17, 15) is 4.79 Å². The Kier molecular flexibility index (Phi) is 8.36. The lowest BCUT2D eigenvalue weighted by Crippen LogP contribution is -2.13. The summed E-state index contributed by atoms with van der Waals surface area (Å²) in [5, 5.41) is 4.06. The van der Waals surface area contributed by atoms with Gasteiger partial charge in [-0.05, 0) is 86.1 Å². The van der Waals surface area contributed by atoms with E-state index in [1.54, 1.807) is 48.5 Å². The number of halogens is 2. The average Bonchev–Trinajstić information content (AvgIpc) is 2.88. The van der Waals surface area contributed by atoms with Crippen molar-refractivity contribution in [2.75, 3.05) is 11.9 Å². The lowest BCUT2D eigenvalue weighted by molar-refractivity contribution is 0.102. The van der Waals surface area contributed by atoms with Gasteiger partial charge in [0.25, 0.3) is 5.91 Å². The first-order valence-electron chi connectivity index (χ1n) is 11.4. The third-order valence-electron chi connectivity index (χ3n) is 5.31. The van der Waals surface area contributed by atoms with Crippen LogP contribution in [0.4, 0.5) is 5.69 Å². The Labute approximate surface area is 220 Å². The molecule has 4 aromatic rings. The molecular formula is C29H25Cl2NO4. The second-order valence-electron chi connectivity index (χ2n) is 7.96. The molecule has 0 atom stereocenters. The van der Waals surface area contributed by atoms with E-state index in [2.05, 4.69) is 5.32 Å². The first-order chi connectivity index (χ1) is 17.4. The number of carbonyl (C=O) groups excluding carboxylic acids is 1. The molecule has 1 N–H and O–H groups in total. The smallest absolute Gasteiger partial charge is 0.255 e. The van der Waals surface area contributed by atoms with Gasteiger partial charge in [0.05, 0.1) is 12.3 Å². The third-order valence-corrected chi connectivity index (χ3v) is 5.97. The number of ether oxygens (including phenoxy) is 3. The Morgan fingerprint density at radius 1 is 0.833 bits per heavy atom. The SMILES string of the molecule is CCOc1ccc(C(=O)Nc2cc(Cl)ccc2Oc2ccccc2)cc1COc1ccc(Cl)c(C)c1. The summed E-state index contributed by atoms with van der Waals surface area (Å²) < 4.78 is 17.7. The van der Waals surface area contributed by atoms with Crippen molar-refractivity contribution in [1.82, 2.24) is 0 Å². The zero-order valence-electron chi connectivity index (χ0n) is 19.9. The number of nitrogens with one attached hydrogen (secondary N) is 1. The predicted octanol–water partition coefficient (Wildman–Crippen LogP) is 8.32. The zero-order valence-corrected chi connectivity index (χ0v) is 21.4. The summed E-state index contributed by atoms with van der Waals surface area (Å²) >= 11 is 12.3. The number of rotatable bonds is 9. The molecule has 1 amide bonds. The minimum Gasteiger partial charge on any atom is -0.493 e. The topological polar surface area (TPSA) is 56.8 Å². The molecule has 0 unspecified atom stereocenters.